The van der Waals surface area contributed by atoms with Crippen LogP contribution >= 0.6 is 12.4 Å². The minimum atomic E-state index is 0. The Balaban J connectivity index is 0.00000128. The number of carbonyl (C=O) groups excluding carboxylic acids is 1. The minimum absolute atomic E-state index is 0. The molecule has 4 nitrogen and oxygen atoms in total. The molecule has 2 rings (SSSR count). The van der Waals surface area contributed by atoms with Crippen LogP contribution in [0.5, 0.6) is 0 Å². The highest BCUT2D eigenvalue weighted by molar-refractivity contribution is 5.98. The molecule has 1 aromatic heterocycles. The SMILES string of the molecule is CC1CCN(C(=O)c2cnccc2N)C1.Cl. The van der Waals surface area contributed by atoms with Crippen molar-refractivity contribution in [3.8, 4) is 0 Å². The zero-order valence-electron chi connectivity index (χ0n) is 9.22. The lowest BCUT2D eigenvalue weighted by Crippen LogP contribution is -2.29. The molecule has 16 heavy (non-hydrogen) atoms. The lowest BCUT2D eigenvalue weighted by molar-refractivity contribution is 0.0788. The Morgan fingerprint density at radius 2 is 2.38 bits per heavy atom. The van der Waals surface area contributed by atoms with E-state index in [1.165, 1.54) is 0 Å². The highest BCUT2D eigenvalue weighted by Gasteiger charge is 2.25. The number of anilines is 1. The molecule has 1 unspecified atom stereocenters. The topological polar surface area (TPSA) is 59.2 Å². The molecule has 1 aliphatic heterocycles. The number of halogens is 1. The summed E-state index contributed by atoms with van der Waals surface area (Å²) in [5.41, 5.74) is 6.77. The number of nitrogens with two attached hydrogens (primary N) is 1. The second-order valence-corrected chi connectivity index (χ2v) is 4.11. The van der Waals surface area contributed by atoms with Crippen molar-refractivity contribution in [3.05, 3.63) is 24.0 Å². The third kappa shape index (κ3) is 2.44. The molecule has 2 N–H and O–H groups in total. The number of hydrogen-bond acceptors (Lipinski definition) is 3. The third-order valence-electron chi connectivity index (χ3n) is 2.80. The molecule has 88 valence electrons. The van der Waals surface area contributed by atoms with Crippen molar-refractivity contribution < 1.29 is 4.79 Å². The van der Waals surface area contributed by atoms with Gasteiger partial charge in [0.1, 0.15) is 0 Å². The van der Waals surface area contributed by atoms with E-state index in [2.05, 4.69) is 11.9 Å². The summed E-state index contributed by atoms with van der Waals surface area (Å²) in [4.78, 5) is 17.8. The molecule has 0 spiro atoms. The van der Waals surface area contributed by atoms with E-state index >= 15 is 0 Å². The van der Waals surface area contributed by atoms with Crippen LogP contribution in [0.25, 0.3) is 0 Å². The number of rotatable bonds is 1. The van der Waals surface area contributed by atoms with Gasteiger partial charge in [-0.15, -0.1) is 12.4 Å². The molecule has 1 fully saturated rings. The third-order valence-corrected chi connectivity index (χ3v) is 2.80. The van der Waals surface area contributed by atoms with E-state index in [1.807, 2.05) is 4.90 Å². The number of nitrogen functional groups attached to an aromatic ring is 1. The second kappa shape index (κ2) is 5.16. The van der Waals surface area contributed by atoms with Gasteiger partial charge in [0, 0.05) is 31.2 Å². The molecule has 2 heterocycles. The van der Waals surface area contributed by atoms with Gasteiger partial charge in [-0.05, 0) is 18.4 Å². The molecule has 0 aromatic carbocycles. The van der Waals surface area contributed by atoms with Crippen LogP contribution in [0.15, 0.2) is 18.5 Å². The van der Waals surface area contributed by atoms with E-state index in [0.717, 1.165) is 19.5 Å². The van der Waals surface area contributed by atoms with Gasteiger partial charge in [-0.3, -0.25) is 9.78 Å². The van der Waals surface area contributed by atoms with Crippen molar-refractivity contribution in [1.29, 1.82) is 0 Å². The Bertz CT molecular complexity index is 383. The van der Waals surface area contributed by atoms with Crippen molar-refractivity contribution in [2.75, 3.05) is 18.8 Å². The van der Waals surface area contributed by atoms with Crippen LogP contribution in [-0.2, 0) is 0 Å². The van der Waals surface area contributed by atoms with Crippen LogP contribution < -0.4 is 5.73 Å². The monoisotopic (exact) mass is 241 g/mol. The highest BCUT2D eigenvalue weighted by Crippen LogP contribution is 2.19. The Labute approximate surface area is 101 Å². The van der Waals surface area contributed by atoms with Crippen molar-refractivity contribution in [1.82, 2.24) is 9.88 Å². The van der Waals surface area contributed by atoms with Crippen LogP contribution in [0.3, 0.4) is 0 Å². The van der Waals surface area contributed by atoms with Crippen molar-refractivity contribution >= 4 is 24.0 Å². The van der Waals surface area contributed by atoms with Gasteiger partial charge < -0.3 is 10.6 Å². The molecule has 1 aromatic rings. The number of nitrogens with zero attached hydrogens (tertiary/aromatic N) is 2. The van der Waals surface area contributed by atoms with E-state index in [1.54, 1.807) is 18.5 Å². The van der Waals surface area contributed by atoms with Gasteiger partial charge in [0.25, 0.3) is 5.91 Å². The standard InChI is InChI=1S/C11H15N3O.ClH/c1-8-3-5-14(7-8)11(15)9-6-13-4-2-10(9)12;/h2,4,6,8H,3,5,7H2,1H3,(H2,12,13);1H. The van der Waals surface area contributed by atoms with E-state index in [-0.39, 0.29) is 18.3 Å². The zero-order valence-corrected chi connectivity index (χ0v) is 10.0. The molecular weight excluding hydrogens is 226 g/mol. The zero-order chi connectivity index (χ0) is 10.8. The first-order valence-corrected chi connectivity index (χ1v) is 5.17. The lowest BCUT2D eigenvalue weighted by Gasteiger charge is -2.16. The second-order valence-electron chi connectivity index (χ2n) is 4.11. The summed E-state index contributed by atoms with van der Waals surface area (Å²) >= 11 is 0. The Hall–Kier alpha value is -1.29. The number of amides is 1. The molecule has 0 bridgehead atoms. The average Bonchev–Trinajstić information content (AvgIpc) is 2.65. The van der Waals surface area contributed by atoms with Crippen LogP contribution in [0, 0.1) is 5.92 Å². The van der Waals surface area contributed by atoms with Gasteiger partial charge in [0.15, 0.2) is 0 Å². The maximum absolute atomic E-state index is 12.0. The molecule has 1 atom stereocenters. The van der Waals surface area contributed by atoms with Crippen LogP contribution in [-0.4, -0.2) is 28.9 Å². The molecular formula is C11H16ClN3O. The summed E-state index contributed by atoms with van der Waals surface area (Å²) in [5.74, 6) is 0.594. The van der Waals surface area contributed by atoms with E-state index in [0.29, 0.717) is 17.2 Å². The molecule has 1 amide bonds. The van der Waals surface area contributed by atoms with Gasteiger partial charge in [0.05, 0.1) is 5.56 Å². The molecule has 1 aliphatic rings. The van der Waals surface area contributed by atoms with Gasteiger partial charge >= 0.3 is 0 Å². The van der Waals surface area contributed by atoms with E-state index in [4.69, 9.17) is 5.73 Å². The number of hydrogen-bond donors (Lipinski definition) is 1. The predicted molar refractivity (Wildman–Crippen MR) is 65.6 cm³/mol. The minimum Gasteiger partial charge on any atom is -0.398 e. The summed E-state index contributed by atoms with van der Waals surface area (Å²) < 4.78 is 0. The van der Waals surface area contributed by atoms with Crippen LogP contribution in [0.4, 0.5) is 5.69 Å². The first-order valence-electron chi connectivity index (χ1n) is 5.17. The summed E-state index contributed by atoms with van der Waals surface area (Å²) in [6.45, 7) is 3.81. The van der Waals surface area contributed by atoms with E-state index < -0.39 is 0 Å². The molecule has 1 saturated heterocycles. The average molecular weight is 242 g/mol. The molecule has 5 heteroatoms. The summed E-state index contributed by atoms with van der Waals surface area (Å²) in [6, 6.07) is 1.66. The normalized spacial score (nSPS) is 19.3. The fourth-order valence-corrected chi connectivity index (χ4v) is 1.87. The Morgan fingerprint density at radius 1 is 1.62 bits per heavy atom. The first kappa shape index (κ1) is 12.8. The summed E-state index contributed by atoms with van der Waals surface area (Å²) in [5, 5.41) is 0. The smallest absolute Gasteiger partial charge is 0.257 e. The fourth-order valence-electron chi connectivity index (χ4n) is 1.87. The van der Waals surface area contributed by atoms with Gasteiger partial charge in [-0.1, -0.05) is 6.92 Å². The predicted octanol–water partition coefficient (Wildman–Crippen LogP) is 1.57. The molecule has 0 radical (unpaired) electrons. The van der Waals surface area contributed by atoms with Crippen molar-refractivity contribution in [3.63, 3.8) is 0 Å². The van der Waals surface area contributed by atoms with Gasteiger partial charge in [0.2, 0.25) is 0 Å². The lowest BCUT2D eigenvalue weighted by atomic mass is 10.2. The van der Waals surface area contributed by atoms with Crippen LogP contribution in [0.1, 0.15) is 23.7 Å². The summed E-state index contributed by atoms with van der Waals surface area (Å²) in [6.07, 6.45) is 4.21. The number of carbonyl (C=O) groups is 1. The number of pyridine rings is 1. The largest absolute Gasteiger partial charge is 0.398 e. The number of likely N-dealkylation sites (tertiary alicyclic amines) is 1. The van der Waals surface area contributed by atoms with Crippen molar-refractivity contribution in [2.24, 2.45) is 5.92 Å². The molecule has 0 saturated carbocycles. The van der Waals surface area contributed by atoms with Crippen LogP contribution in [0.2, 0.25) is 0 Å². The first-order chi connectivity index (χ1) is 7.18. The summed E-state index contributed by atoms with van der Waals surface area (Å²) in [7, 11) is 0. The fraction of sp³-hybridized carbons (Fsp3) is 0.455. The Morgan fingerprint density at radius 3 is 2.94 bits per heavy atom. The highest BCUT2D eigenvalue weighted by atomic mass is 35.5. The maximum Gasteiger partial charge on any atom is 0.257 e. The maximum atomic E-state index is 12.0. The van der Waals surface area contributed by atoms with Crippen molar-refractivity contribution in [2.45, 2.75) is 13.3 Å². The van der Waals surface area contributed by atoms with Gasteiger partial charge in [-0.2, -0.15) is 0 Å². The quantitative estimate of drug-likeness (QED) is 0.812. The van der Waals surface area contributed by atoms with Gasteiger partial charge in [-0.25, -0.2) is 0 Å². The molecule has 0 aliphatic carbocycles. The number of aromatic nitrogens is 1. The Kier molecular flexibility index (Phi) is 4.12. The van der Waals surface area contributed by atoms with E-state index in [9.17, 15) is 4.79 Å².